The average molecular weight is 231 g/mol. The van der Waals surface area contributed by atoms with Crippen molar-refractivity contribution in [2.75, 3.05) is 27.8 Å². The normalized spacial score (nSPS) is 10.1. The Labute approximate surface area is 93.7 Å². The summed E-state index contributed by atoms with van der Waals surface area (Å²) in [5.74, 6) is 0.827. The molecule has 0 unspecified atom stereocenters. The van der Waals surface area contributed by atoms with Crippen LogP contribution in [0.1, 0.15) is 0 Å². The molecule has 0 aromatic carbocycles. The number of hydrogen-bond donors (Lipinski definition) is 1. The predicted molar refractivity (Wildman–Crippen MR) is 56.5 cm³/mol. The topological polar surface area (TPSA) is 49.8 Å². The molecule has 6 heteroatoms. The number of rotatable bonds is 6. The van der Waals surface area contributed by atoms with Crippen LogP contribution in [-0.4, -0.2) is 32.8 Å². The van der Waals surface area contributed by atoms with Gasteiger partial charge in [-0.1, -0.05) is 0 Å². The van der Waals surface area contributed by atoms with Crippen molar-refractivity contribution in [3.63, 3.8) is 0 Å². The molecule has 0 aliphatic rings. The third-order valence-electron chi connectivity index (χ3n) is 1.45. The van der Waals surface area contributed by atoms with Crippen molar-refractivity contribution < 1.29 is 18.9 Å². The van der Waals surface area contributed by atoms with Crippen LogP contribution in [0.3, 0.4) is 0 Å². The first-order valence-electron chi connectivity index (χ1n) is 4.20. The average Bonchev–Trinajstić information content (AvgIpc) is 2.25. The van der Waals surface area contributed by atoms with Gasteiger partial charge >= 0.3 is 0 Å². The van der Waals surface area contributed by atoms with Crippen molar-refractivity contribution in [2.45, 2.75) is 4.90 Å². The molecule has 0 atom stereocenters. The number of methoxy groups -OCH3 is 2. The summed E-state index contributed by atoms with van der Waals surface area (Å²) in [5.41, 5.74) is 0. The maximum absolute atomic E-state index is 5.25. The SMILES string of the molecule is COCOc1cc(S)cnc1OCOC. The summed E-state index contributed by atoms with van der Waals surface area (Å²) >= 11 is 4.14. The molecule has 1 rings (SSSR count). The molecule has 84 valence electrons. The molecule has 1 aromatic rings. The van der Waals surface area contributed by atoms with E-state index in [1.807, 2.05) is 0 Å². The van der Waals surface area contributed by atoms with E-state index in [-0.39, 0.29) is 13.6 Å². The summed E-state index contributed by atoms with van der Waals surface area (Å²) in [6, 6.07) is 1.69. The highest BCUT2D eigenvalue weighted by Gasteiger charge is 2.07. The number of thiol groups is 1. The van der Waals surface area contributed by atoms with Gasteiger partial charge < -0.3 is 18.9 Å². The first-order chi connectivity index (χ1) is 7.27. The Morgan fingerprint density at radius 3 is 2.53 bits per heavy atom. The highest BCUT2D eigenvalue weighted by atomic mass is 32.1. The smallest absolute Gasteiger partial charge is 0.259 e. The van der Waals surface area contributed by atoms with E-state index in [1.165, 1.54) is 14.2 Å². The summed E-state index contributed by atoms with van der Waals surface area (Å²) in [5, 5.41) is 0. The fraction of sp³-hybridized carbons (Fsp3) is 0.444. The molecule has 0 fully saturated rings. The number of pyridine rings is 1. The lowest BCUT2D eigenvalue weighted by atomic mass is 10.4. The maximum Gasteiger partial charge on any atom is 0.259 e. The van der Waals surface area contributed by atoms with Crippen LogP contribution in [0.2, 0.25) is 0 Å². The second-order valence-corrected chi connectivity index (χ2v) is 3.11. The molecule has 0 saturated carbocycles. The lowest BCUT2D eigenvalue weighted by Gasteiger charge is -2.10. The number of ether oxygens (including phenoxy) is 4. The van der Waals surface area contributed by atoms with Crippen molar-refractivity contribution in [1.82, 2.24) is 4.98 Å². The molecule has 1 aromatic heterocycles. The van der Waals surface area contributed by atoms with Gasteiger partial charge in [-0.05, 0) is 0 Å². The Morgan fingerprint density at radius 2 is 1.87 bits per heavy atom. The van der Waals surface area contributed by atoms with Gasteiger partial charge in [-0.3, -0.25) is 0 Å². The Balaban J connectivity index is 2.73. The van der Waals surface area contributed by atoms with Crippen LogP contribution in [0.25, 0.3) is 0 Å². The van der Waals surface area contributed by atoms with Crippen LogP contribution < -0.4 is 9.47 Å². The van der Waals surface area contributed by atoms with Gasteiger partial charge in [-0.2, -0.15) is 0 Å². The second kappa shape index (κ2) is 6.49. The number of hydrogen-bond acceptors (Lipinski definition) is 6. The molecular formula is C9H13NO4S. The van der Waals surface area contributed by atoms with Crippen molar-refractivity contribution in [1.29, 1.82) is 0 Å². The zero-order valence-corrected chi connectivity index (χ0v) is 9.49. The molecule has 0 saturated heterocycles. The zero-order chi connectivity index (χ0) is 11.1. The van der Waals surface area contributed by atoms with E-state index in [1.54, 1.807) is 12.3 Å². The summed E-state index contributed by atoms with van der Waals surface area (Å²) in [4.78, 5) is 4.70. The zero-order valence-electron chi connectivity index (χ0n) is 8.60. The summed E-state index contributed by atoms with van der Waals surface area (Å²) in [6.07, 6.45) is 1.56. The van der Waals surface area contributed by atoms with Gasteiger partial charge in [0, 0.05) is 31.4 Å². The van der Waals surface area contributed by atoms with Crippen molar-refractivity contribution in [2.24, 2.45) is 0 Å². The molecule has 0 aliphatic heterocycles. The summed E-state index contributed by atoms with van der Waals surface area (Å²) in [6.45, 7) is 0.241. The quantitative estimate of drug-likeness (QED) is 0.591. The van der Waals surface area contributed by atoms with Gasteiger partial charge in [0.15, 0.2) is 19.3 Å². The molecule has 0 radical (unpaired) electrons. The van der Waals surface area contributed by atoms with Gasteiger partial charge in [0.05, 0.1) is 0 Å². The van der Waals surface area contributed by atoms with E-state index in [0.717, 1.165) is 0 Å². The van der Waals surface area contributed by atoms with Gasteiger partial charge in [0.2, 0.25) is 0 Å². The van der Waals surface area contributed by atoms with Crippen molar-refractivity contribution in [3.05, 3.63) is 12.3 Å². The predicted octanol–water partition coefficient (Wildman–Crippen LogP) is 1.34. The van der Waals surface area contributed by atoms with E-state index < -0.39 is 0 Å². The van der Waals surface area contributed by atoms with Crippen LogP contribution >= 0.6 is 12.6 Å². The summed E-state index contributed by atoms with van der Waals surface area (Å²) in [7, 11) is 3.07. The second-order valence-electron chi connectivity index (χ2n) is 2.60. The van der Waals surface area contributed by atoms with Crippen LogP contribution in [0.4, 0.5) is 0 Å². The molecular weight excluding hydrogens is 218 g/mol. The Bertz CT molecular complexity index is 308. The molecule has 5 nitrogen and oxygen atoms in total. The molecule has 0 spiro atoms. The fourth-order valence-corrected chi connectivity index (χ4v) is 1.05. The molecule has 0 amide bonds. The van der Waals surface area contributed by atoms with Gasteiger partial charge in [-0.15, -0.1) is 12.6 Å². The van der Waals surface area contributed by atoms with E-state index in [2.05, 4.69) is 17.6 Å². The fourth-order valence-electron chi connectivity index (χ4n) is 0.871. The Hall–Kier alpha value is -0.980. The number of nitrogens with zero attached hydrogens (tertiary/aromatic N) is 1. The first-order valence-corrected chi connectivity index (χ1v) is 4.65. The van der Waals surface area contributed by atoms with E-state index in [9.17, 15) is 0 Å². The standard InChI is InChI=1S/C9H13NO4S/c1-11-5-13-8-3-7(15)4-10-9(8)14-6-12-2/h3-4,15H,5-6H2,1-2H3. The molecule has 0 bridgehead atoms. The lowest BCUT2D eigenvalue weighted by Crippen LogP contribution is -2.05. The van der Waals surface area contributed by atoms with Crippen molar-refractivity contribution >= 4 is 12.6 Å². The van der Waals surface area contributed by atoms with E-state index >= 15 is 0 Å². The van der Waals surface area contributed by atoms with Crippen LogP contribution in [0.5, 0.6) is 11.6 Å². The third kappa shape index (κ3) is 3.94. The first kappa shape index (κ1) is 12.1. The van der Waals surface area contributed by atoms with E-state index in [4.69, 9.17) is 18.9 Å². The van der Waals surface area contributed by atoms with Gasteiger partial charge in [0.1, 0.15) is 0 Å². The molecule has 1 heterocycles. The maximum atomic E-state index is 5.25. The van der Waals surface area contributed by atoms with Gasteiger partial charge in [-0.25, -0.2) is 4.98 Å². The minimum Gasteiger partial charge on any atom is -0.462 e. The van der Waals surface area contributed by atoms with Crippen LogP contribution in [0.15, 0.2) is 17.2 Å². The highest BCUT2D eigenvalue weighted by Crippen LogP contribution is 2.26. The van der Waals surface area contributed by atoms with Crippen LogP contribution in [-0.2, 0) is 9.47 Å². The van der Waals surface area contributed by atoms with Crippen molar-refractivity contribution in [3.8, 4) is 11.6 Å². The largest absolute Gasteiger partial charge is 0.462 e. The van der Waals surface area contributed by atoms with Gasteiger partial charge in [0.25, 0.3) is 5.88 Å². The highest BCUT2D eigenvalue weighted by molar-refractivity contribution is 7.80. The minimum atomic E-state index is 0.113. The van der Waals surface area contributed by atoms with E-state index in [0.29, 0.717) is 16.5 Å². The Morgan fingerprint density at radius 1 is 1.20 bits per heavy atom. The number of aromatic nitrogens is 1. The Kier molecular flexibility index (Phi) is 5.23. The molecule has 0 aliphatic carbocycles. The third-order valence-corrected chi connectivity index (χ3v) is 1.69. The lowest BCUT2D eigenvalue weighted by molar-refractivity contribution is 0.0293. The molecule has 15 heavy (non-hydrogen) atoms. The monoisotopic (exact) mass is 231 g/mol. The minimum absolute atomic E-state index is 0.113. The van der Waals surface area contributed by atoms with Crippen LogP contribution in [0, 0.1) is 0 Å². The molecule has 0 N–H and O–H groups in total. The summed E-state index contributed by atoms with van der Waals surface area (Å²) < 4.78 is 20.0.